The fourth-order valence-electron chi connectivity index (χ4n) is 4.47. The van der Waals surface area contributed by atoms with Crippen molar-refractivity contribution < 1.29 is 4.79 Å². The van der Waals surface area contributed by atoms with Crippen LogP contribution in [0.5, 0.6) is 0 Å². The Morgan fingerprint density at radius 2 is 1.93 bits per heavy atom. The minimum absolute atomic E-state index is 0.334. The van der Waals surface area contributed by atoms with Gasteiger partial charge in [0, 0.05) is 34.4 Å². The van der Waals surface area contributed by atoms with Gasteiger partial charge in [0.1, 0.15) is 5.69 Å². The molecule has 0 spiro atoms. The Balaban J connectivity index is 1.94. The molecule has 1 aliphatic rings. The molecule has 1 aliphatic carbocycles. The molecule has 0 saturated carbocycles. The lowest BCUT2D eigenvalue weighted by atomic mass is 9.96. The Bertz CT molecular complexity index is 1030. The molecule has 5 heteroatoms. The number of H-pyrrole nitrogens is 2. The lowest BCUT2D eigenvalue weighted by Crippen LogP contribution is -2.27. The number of nitrogens with zero attached hydrogens (tertiary/aromatic N) is 2. The van der Waals surface area contributed by atoms with E-state index in [-0.39, 0.29) is 0 Å². The Morgan fingerprint density at radius 1 is 1.18 bits per heavy atom. The second kappa shape index (κ2) is 7.12. The number of hydrogen-bond donors (Lipinski definition) is 2. The number of carbonyl (C=O) groups is 1. The largest absolute Gasteiger partial charge is 0.353 e. The van der Waals surface area contributed by atoms with Crippen molar-refractivity contribution in [2.75, 3.05) is 11.4 Å². The van der Waals surface area contributed by atoms with Gasteiger partial charge in [-0.25, -0.2) is 0 Å². The van der Waals surface area contributed by atoms with Crippen LogP contribution < -0.4 is 4.90 Å². The molecule has 148 valence electrons. The van der Waals surface area contributed by atoms with Crippen molar-refractivity contribution in [3.63, 3.8) is 0 Å². The number of anilines is 1. The van der Waals surface area contributed by atoms with Crippen LogP contribution in [0.15, 0.2) is 12.1 Å². The molecule has 2 heterocycles. The molecule has 2 N–H and O–H groups in total. The summed E-state index contributed by atoms with van der Waals surface area (Å²) >= 11 is 0. The molecule has 1 amide bonds. The monoisotopic (exact) mass is 378 g/mol. The number of amides is 1. The zero-order chi connectivity index (χ0) is 20.0. The fraction of sp³-hybridized carbons (Fsp3) is 0.478. The van der Waals surface area contributed by atoms with E-state index < -0.39 is 0 Å². The molecule has 1 aromatic carbocycles. The molecule has 0 bridgehead atoms. The lowest BCUT2D eigenvalue weighted by Gasteiger charge is -2.24. The van der Waals surface area contributed by atoms with Crippen molar-refractivity contribution in [1.29, 1.82) is 0 Å². The fourth-order valence-corrected chi connectivity index (χ4v) is 4.47. The Hall–Kier alpha value is -2.56. The molecule has 0 atom stereocenters. The summed E-state index contributed by atoms with van der Waals surface area (Å²) in [6, 6.07) is 4.46. The molecule has 28 heavy (non-hydrogen) atoms. The Kier molecular flexibility index (Phi) is 4.77. The number of fused-ring (bicyclic) bond motifs is 5. The highest BCUT2D eigenvalue weighted by molar-refractivity contribution is 5.96. The van der Waals surface area contributed by atoms with Crippen LogP contribution >= 0.6 is 0 Å². The number of aryl methyl sites for hydroxylation is 2. The van der Waals surface area contributed by atoms with E-state index in [1.165, 1.54) is 22.1 Å². The third-order valence-electron chi connectivity index (χ3n) is 5.84. The first-order chi connectivity index (χ1) is 13.4. The van der Waals surface area contributed by atoms with Gasteiger partial charge in [-0.2, -0.15) is 5.10 Å². The van der Waals surface area contributed by atoms with Gasteiger partial charge in [-0.15, -0.1) is 0 Å². The van der Waals surface area contributed by atoms with Crippen molar-refractivity contribution >= 4 is 23.0 Å². The van der Waals surface area contributed by atoms with E-state index in [2.05, 4.69) is 61.9 Å². The number of carbonyl (C=O) groups excluding carboxylic acids is 1. The molecular formula is C23H30N4O. The summed E-state index contributed by atoms with van der Waals surface area (Å²) in [5, 5.41) is 8.98. The zero-order valence-corrected chi connectivity index (χ0v) is 17.5. The molecule has 0 aliphatic heterocycles. The van der Waals surface area contributed by atoms with Gasteiger partial charge in [0.15, 0.2) is 0 Å². The number of rotatable bonds is 5. The van der Waals surface area contributed by atoms with E-state index in [0.29, 0.717) is 11.8 Å². The number of benzene rings is 1. The molecule has 0 radical (unpaired) electrons. The third-order valence-corrected chi connectivity index (χ3v) is 5.84. The summed E-state index contributed by atoms with van der Waals surface area (Å²) in [6.45, 7) is 11.5. The van der Waals surface area contributed by atoms with Crippen molar-refractivity contribution in [3.05, 3.63) is 34.5 Å². The van der Waals surface area contributed by atoms with Crippen molar-refractivity contribution in [2.45, 2.75) is 59.8 Å². The SMILES string of the molecule is Cc1[nH]nc2c1CCCc1c-2[nH]c2cc(C(C)C)c(N(C=O)CC(C)C)cc12. The van der Waals surface area contributed by atoms with Gasteiger partial charge >= 0.3 is 0 Å². The summed E-state index contributed by atoms with van der Waals surface area (Å²) in [6.07, 6.45) is 4.16. The van der Waals surface area contributed by atoms with Gasteiger partial charge in [-0.3, -0.25) is 9.89 Å². The minimum Gasteiger partial charge on any atom is -0.353 e. The van der Waals surface area contributed by atoms with Crippen molar-refractivity contribution in [3.8, 4) is 11.4 Å². The van der Waals surface area contributed by atoms with Crippen LogP contribution in [0.3, 0.4) is 0 Å². The normalized spacial score (nSPS) is 13.7. The molecule has 3 aromatic rings. The second-order valence-electron chi connectivity index (χ2n) is 8.77. The highest BCUT2D eigenvalue weighted by atomic mass is 16.1. The van der Waals surface area contributed by atoms with E-state index in [0.717, 1.165) is 60.5 Å². The smallest absolute Gasteiger partial charge is 0.214 e. The van der Waals surface area contributed by atoms with Crippen LogP contribution in [-0.2, 0) is 17.6 Å². The number of aromatic nitrogens is 3. The molecule has 0 unspecified atom stereocenters. The second-order valence-corrected chi connectivity index (χ2v) is 8.77. The van der Waals surface area contributed by atoms with Crippen LogP contribution in [0.1, 0.15) is 62.4 Å². The summed E-state index contributed by atoms with van der Waals surface area (Å²) < 4.78 is 0. The number of aromatic amines is 2. The van der Waals surface area contributed by atoms with E-state index >= 15 is 0 Å². The maximum absolute atomic E-state index is 11.9. The first kappa shape index (κ1) is 18.8. The average Bonchev–Trinajstić information content (AvgIpc) is 3.13. The van der Waals surface area contributed by atoms with Crippen molar-refractivity contribution in [2.24, 2.45) is 5.92 Å². The van der Waals surface area contributed by atoms with E-state index in [4.69, 9.17) is 0 Å². The first-order valence-corrected chi connectivity index (χ1v) is 10.3. The minimum atomic E-state index is 0.334. The van der Waals surface area contributed by atoms with Crippen LogP contribution in [0.25, 0.3) is 22.3 Å². The van der Waals surface area contributed by atoms with Crippen LogP contribution in [-0.4, -0.2) is 28.1 Å². The molecule has 2 aromatic heterocycles. The van der Waals surface area contributed by atoms with Crippen LogP contribution in [0, 0.1) is 12.8 Å². The van der Waals surface area contributed by atoms with Gasteiger partial charge in [-0.1, -0.05) is 27.7 Å². The molecular weight excluding hydrogens is 348 g/mol. The van der Waals surface area contributed by atoms with Gasteiger partial charge < -0.3 is 9.88 Å². The van der Waals surface area contributed by atoms with E-state index in [9.17, 15) is 4.79 Å². The van der Waals surface area contributed by atoms with Gasteiger partial charge in [-0.05, 0) is 61.3 Å². The highest BCUT2D eigenvalue weighted by Gasteiger charge is 2.25. The third kappa shape index (κ3) is 3.03. The average molecular weight is 379 g/mol. The maximum atomic E-state index is 11.9. The van der Waals surface area contributed by atoms with Gasteiger partial charge in [0.05, 0.1) is 5.69 Å². The maximum Gasteiger partial charge on any atom is 0.214 e. The predicted octanol–water partition coefficient (Wildman–Crippen LogP) is 5.10. The quantitative estimate of drug-likeness (QED) is 0.607. The molecule has 0 saturated heterocycles. The summed E-state index contributed by atoms with van der Waals surface area (Å²) in [4.78, 5) is 17.4. The van der Waals surface area contributed by atoms with Gasteiger partial charge in [0.25, 0.3) is 0 Å². The van der Waals surface area contributed by atoms with Crippen LogP contribution in [0.2, 0.25) is 0 Å². The molecule has 5 nitrogen and oxygen atoms in total. The van der Waals surface area contributed by atoms with E-state index in [1.807, 2.05) is 4.90 Å². The lowest BCUT2D eigenvalue weighted by molar-refractivity contribution is -0.107. The first-order valence-electron chi connectivity index (χ1n) is 10.3. The van der Waals surface area contributed by atoms with E-state index in [1.54, 1.807) is 0 Å². The summed E-state index contributed by atoms with van der Waals surface area (Å²) in [5.41, 5.74) is 9.39. The van der Waals surface area contributed by atoms with Crippen LogP contribution in [0.4, 0.5) is 5.69 Å². The highest BCUT2D eigenvalue weighted by Crippen LogP contribution is 2.40. The summed E-state index contributed by atoms with van der Waals surface area (Å²) in [7, 11) is 0. The zero-order valence-electron chi connectivity index (χ0n) is 17.5. The molecule has 4 rings (SSSR count). The summed E-state index contributed by atoms with van der Waals surface area (Å²) in [5.74, 6) is 0.749. The molecule has 0 fully saturated rings. The number of hydrogen-bond acceptors (Lipinski definition) is 2. The Labute approximate surface area is 166 Å². The topological polar surface area (TPSA) is 64.8 Å². The van der Waals surface area contributed by atoms with Crippen molar-refractivity contribution in [1.82, 2.24) is 15.2 Å². The van der Waals surface area contributed by atoms with Gasteiger partial charge in [0.2, 0.25) is 6.41 Å². The predicted molar refractivity (Wildman–Crippen MR) is 115 cm³/mol. The number of nitrogens with one attached hydrogen (secondary N) is 2. The Morgan fingerprint density at radius 3 is 2.61 bits per heavy atom. The standard InChI is InChI=1S/C23H30N4O/c1-13(2)11-27(12-28)21-10-19-17-8-6-7-16-15(5)25-26-23(16)22(17)24-20(19)9-18(21)14(3)4/h9-10,12-14,24H,6-8,11H2,1-5H3,(H,25,26).